The fourth-order valence-corrected chi connectivity index (χ4v) is 3.73. The molecule has 2 heterocycles. The van der Waals surface area contributed by atoms with E-state index >= 15 is 0 Å². The van der Waals surface area contributed by atoms with Crippen molar-refractivity contribution in [2.75, 3.05) is 39.8 Å². The third kappa shape index (κ3) is 5.57. The first-order chi connectivity index (χ1) is 12.2. The van der Waals surface area contributed by atoms with E-state index in [4.69, 9.17) is 0 Å². The van der Waals surface area contributed by atoms with Crippen LogP contribution in [0.15, 0.2) is 10.4 Å². The van der Waals surface area contributed by atoms with Gasteiger partial charge in [-0.2, -0.15) is 13.2 Å². The Balaban J connectivity index is 1.79. The average molecular weight is 392 g/mol. The van der Waals surface area contributed by atoms with Crippen LogP contribution in [0.2, 0.25) is 0 Å². The first-order valence-electron chi connectivity index (χ1n) is 8.93. The molecule has 1 N–H and O–H groups in total. The van der Waals surface area contributed by atoms with Gasteiger partial charge in [-0.1, -0.05) is 13.8 Å². The minimum Gasteiger partial charge on any atom is -0.356 e. The summed E-state index contributed by atoms with van der Waals surface area (Å²) in [6, 6.07) is -1.40. The molecule has 1 atom stereocenters. The zero-order chi connectivity index (χ0) is 19.3. The summed E-state index contributed by atoms with van der Waals surface area (Å²) in [5, 5.41) is 6.52. The monoisotopic (exact) mass is 391 g/mol. The largest absolute Gasteiger partial charge is 0.403 e. The molecule has 0 saturated carbocycles. The quantitative estimate of drug-likeness (QED) is 0.619. The Morgan fingerprint density at radius 2 is 1.92 bits per heavy atom. The fraction of sp³-hybridized carbons (Fsp3) is 0.765. The molecule has 0 radical (unpaired) electrons. The molecule has 1 aromatic rings. The fourth-order valence-electron chi connectivity index (χ4n) is 2.87. The predicted octanol–water partition coefficient (Wildman–Crippen LogP) is 2.95. The highest BCUT2D eigenvalue weighted by molar-refractivity contribution is 7.09. The third-order valence-electron chi connectivity index (χ3n) is 4.57. The van der Waals surface area contributed by atoms with Crippen molar-refractivity contribution in [1.82, 2.24) is 20.1 Å². The van der Waals surface area contributed by atoms with Crippen LogP contribution in [-0.4, -0.2) is 72.7 Å². The number of halogens is 3. The normalized spacial score (nSPS) is 18.5. The van der Waals surface area contributed by atoms with Crippen LogP contribution >= 0.6 is 11.3 Å². The summed E-state index contributed by atoms with van der Waals surface area (Å²) in [6.07, 6.45) is -3.38. The van der Waals surface area contributed by atoms with Crippen LogP contribution in [0.1, 0.15) is 37.4 Å². The van der Waals surface area contributed by atoms with Gasteiger partial charge in [0.25, 0.3) is 0 Å². The van der Waals surface area contributed by atoms with Gasteiger partial charge in [0.15, 0.2) is 5.96 Å². The minimum atomic E-state index is -4.18. The molecule has 0 bridgehead atoms. The van der Waals surface area contributed by atoms with Crippen molar-refractivity contribution in [2.24, 2.45) is 4.99 Å². The second kappa shape index (κ2) is 9.03. The number of nitrogens with zero attached hydrogens (tertiary/aromatic N) is 4. The standard InChI is InChI=1S/C17H28F3N5S/c1-12(2)15-23-14(11-26-15)5-6-22-16(21-4)25-9-7-24(8-10-25)13(3)17(18,19)20/h11-13H,5-10H2,1-4H3,(H,21,22). The Bertz CT molecular complexity index is 591. The number of hydrogen-bond acceptors (Lipinski definition) is 4. The molecule has 1 unspecified atom stereocenters. The zero-order valence-electron chi connectivity index (χ0n) is 15.8. The molecule has 0 amide bonds. The Kier molecular flexibility index (Phi) is 7.28. The lowest BCUT2D eigenvalue weighted by atomic mass is 10.2. The Hall–Kier alpha value is -1.35. The summed E-state index contributed by atoms with van der Waals surface area (Å²) >= 11 is 1.68. The summed E-state index contributed by atoms with van der Waals surface area (Å²) in [5.74, 6) is 1.17. The highest BCUT2D eigenvalue weighted by Crippen LogP contribution is 2.25. The molecule has 26 heavy (non-hydrogen) atoms. The van der Waals surface area contributed by atoms with Crippen LogP contribution in [-0.2, 0) is 6.42 Å². The Morgan fingerprint density at radius 1 is 1.27 bits per heavy atom. The van der Waals surface area contributed by atoms with Crippen LogP contribution in [0, 0.1) is 0 Å². The van der Waals surface area contributed by atoms with Gasteiger partial charge in [-0.15, -0.1) is 11.3 Å². The third-order valence-corrected chi connectivity index (χ3v) is 5.77. The first kappa shape index (κ1) is 21.0. The van der Waals surface area contributed by atoms with Gasteiger partial charge in [-0.25, -0.2) is 4.98 Å². The topological polar surface area (TPSA) is 43.8 Å². The minimum absolute atomic E-state index is 0.380. The number of piperazine rings is 1. The zero-order valence-corrected chi connectivity index (χ0v) is 16.6. The molecule has 1 aliphatic rings. The molecular formula is C17H28F3N5S. The molecule has 0 aromatic carbocycles. The molecule has 148 valence electrons. The molecule has 1 aliphatic heterocycles. The van der Waals surface area contributed by atoms with Gasteiger partial charge in [-0.3, -0.25) is 9.89 Å². The van der Waals surface area contributed by atoms with Crippen LogP contribution in [0.3, 0.4) is 0 Å². The smallest absolute Gasteiger partial charge is 0.356 e. The van der Waals surface area contributed by atoms with Crippen molar-refractivity contribution in [3.63, 3.8) is 0 Å². The number of nitrogens with one attached hydrogen (secondary N) is 1. The van der Waals surface area contributed by atoms with Gasteiger partial charge in [-0.05, 0) is 6.92 Å². The highest BCUT2D eigenvalue weighted by Gasteiger charge is 2.41. The predicted molar refractivity (Wildman–Crippen MR) is 99.9 cm³/mol. The van der Waals surface area contributed by atoms with Crippen molar-refractivity contribution < 1.29 is 13.2 Å². The van der Waals surface area contributed by atoms with Gasteiger partial charge in [0.1, 0.15) is 6.04 Å². The summed E-state index contributed by atoms with van der Waals surface area (Å²) < 4.78 is 38.5. The molecule has 1 saturated heterocycles. The van der Waals surface area contributed by atoms with E-state index in [9.17, 15) is 13.2 Å². The number of aliphatic imine (C=N–C) groups is 1. The van der Waals surface area contributed by atoms with Crippen molar-refractivity contribution in [3.05, 3.63) is 16.1 Å². The number of guanidine groups is 1. The molecule has 5 nitrogen and oxygen atoms in total. The lowest BCUT2D eigenvalue weighted by molar-refractivity contribution is -0.181. The van der Waals surface area contributed by atoms with E-state index in [1.54, 1.807) is 18.4 Å². The van der Waals surface area contributed by atoms with Crippen molar-refractivity contribution in [1.29, 1.82) is 0 Å². The Morgan fingerprint density at radius 3 is 2.42 bits per heavy atom. The summed E-state index contributed by atoms with van der Waals surface area (Å²) in [6.45, 7) is 8.01. The maximum absolute atomic E-state index is 12.8. The Labute approximate surface area is 157 Å². The molecular weight excluding hydrogens is 363 g/mol. The number of rotatable bonds is 5. The number of thiazole rings is 1. The molecule has 1 aromatic heterocycles. The molecule has 0 aliphatic carbocycles. The van der Waals surface area contributed by atoms with E-state index in [1.165, 1.54) is 11.8 Å². The molecule has 1 fully saturated rings. The summed E-state index contributed by atoms with van der Waals surface area (Å²) in [4.78, 5) is 12.4. The van der Waals surface area contributed by atoms with Gasteiger partial charge >= 0.3 is 6.18 Å². The lowest BCUT2D eigenvalue weighted by Crippen LogP contribution is -2.56. The van der Waals surface area contributed by atoms with Crippen LogP contribution in [0.5, 0.6) is 0 Å². The SMILES string of the molecule is CN=C(NCCc1csc(C(C)C)n1)N1CCN(C(C)C(F)(F)F)CC1. The highest BCUT2D eigenvalue weighted by atomic mass is 32.1. The van der Waals surface area contributed by atoms with E-state index in [0.717, 1.165) is 23.1 Å². The molecule has 0 spiro atoms. The average Bonchev–Trinajstić information content (AvgIpc) is 3.07. The molecule has 2 rings (SSSR count). The van der Waals surface area contributed by atoms with Crippen molar-refractivity contribution >= 4 is 17.3 Å². The lowest BCUT2D eigenvalue weighted by Gasteiger charge is -2.39. The van der Waals surface area contributed by atoms with E-state index < -0.39 is 12.2 Å². The summed E-state index contributed by atoms with van der Waals surface area (Å²) in [5.41, 5.74) is 1.06. The van der Waals surface area contributed by atoms with E-state index in [-0.39, 0.29) is 0 Å². The van der Waals surface area contributed by atoms with Crippen LogP contribution in [0.4, 0.5) is 13.2 Å². The van der Waals surface area contributed by atoms with E-state index in [1.807, 2.05) is 4.90 Å². The van der Waals surface area contributed by atoms with Crippen LogP contribution in [0.25, 0.3) is 0 Å². The van der Waals surface area contributed by atoms with Crippen LogP contribution < -0.4 is 5.32 Å². The van der Waals surface area contributed by atoms with E-state index in [2.05, 4.69) is 34.5 Å². The van der Waals surface area contributed by atoms with Gasteiger partial charge < -0.3 is 10.2 Å². The van der Waals surface area contributed by atoms with Gasteiger partial charge in [0.05, 0.1) is 10.7 Å². The maximum Gasteiger partial charge on any atom is 0.403 e. The number of aromatic nitrogens is 1. The van der Waals surface area contributed by atoms with Gasteiger partial charge in [0, 0.05) is 57.5 Å². The second-order valence-electron chi connectivity index (χ2n) is 6.80. The number of alkyl halides is 3. The second-order valence-corrected chi connectivity index (χ2v) is 7.69. The van der Waals surface area contributed by atoms with Crippen molar-refractivity contribution in [3.8, 4) is 0 Å². The van der Waals surface area contributed by atoms with Gasteiger partial charge in [0.2, 0.25) is 0 Å². The molecule has 9 heteroatoms. The first-order valence-corrected chi connectivity index (χ1v) is 9.81. The van der Waals surface area contributed by atoms with E-state index in [0.29, 0.717) is 38.6 Å². The maximum atomic E-state index is 12.8. The summed E-state index contributed by atoms with van der Waals surface area (Å²) in [7, 11) is 1.70. The van der Waals surface area contributed by atoms with Crippen molar-refractivity contribution in [2.45, 2.75) is 45.3 Å². The number of hydrogen-bond donors (Lipinski definition) is 1.